The molecular weight excluding hydrogens is 244 g/mol. The van der Waals surface area contributed by atoms with Gasteiger partial charge in [-0.3, -0.25) is 4.99 Å². The van der Waals surface area contributed by atoms with Gasteiger partial charge in [-0.1, -0.05) is 42.5 Å². The van der Waals surface area contributed by atoms with E-state index >= 15 is 0 Å². The maximum atomic E-state index is 4.44. The molecule has 1 N–H and O–H groups in total. The van der Waals surface area contributed by atoms with Crippen molar-refractivity contribution in [2.75, 3.05) is 13.1 Å². The minimum atomic E-state index is 0. The van der Waals surface area contributed by atoms with E-state index in [-0.39, 0.29) is 12.4 Å². The van der Waals surface area contributed by atoms with Crippen LogP contribution in [0.15, 0.2) is 47.5 Å². The summed E-state index contributed by atoms with van der Waals surface area (Å²) in [7, 11) is 0. The van der Waals surface area contributed by atoms with Gasteiger partial charge in [0.15, 0.2) is 0 Å². The van der Waals surface area contributed by atoms with Crippen LogP contribution in [0.1, 0.15) is 12.0 Å². The second-order valence-electron chi connectivity index (χ2n) is 4.39. The van der Waals surface area contributed by atoms with Crippen molar-refractivity contribution < 1.29 is 0 Å². The summed E-state index contributed by atoms with van der Waals surface area (Å²) in [5.41, 5.74) is 1.42. The zero-order valence-corrected chi connectivity index (χ0v) is 11.0. The van der Waals surface area contributed by atoms with Crippen LogP contribution in [-0.2, 0) is 6.42 Å². The van der Waals surface area contributed by atoms with E-state index in [4.69, 9.17) is 0 Å². The fourth-order valence-electron chi connectivity index (χ4n) is 2.38. The molecule has 0 aromatic heterocycles. The summed E-state index contributed by atoms with van der Waals surface area (Å²) in [4.78, 5) is 4.44. The largest absolute Gasteiger partial charge is 0.372 e. The molecule has 3 rings (SSSR count). The summed E-state index contributed by atoms with van der Waals surface area (Å²) in [6.07, 6.45) is 2.08. The van der Waals surface area contributed by atoms with Crippen molar-refractivity contribution in [3.63, 3.8) is 0 Å². The van der Waals surface area contributed by atoms with Gasteiger partial charge in [-0.25, -0.2) is 0 Å². The summed E-state index contributed by atoms with van der Waals surface area (Å²) in [5, 5.41) is 6.02. The Hall–Kier alpha value is -1.54. The molecule has 0 saturated heterocycles. The lowest BCUT2D eigenvalue weighted by atomic mass is 10.0. The van der Waals surface area contributed by atoms with Crippen LogP contribution >= 0.6 is 12.4 Å². The Balaban J connectivity index is 0.00000120. The highest BCUT2D eigenvalue weighted by Crippen LogP contribution is 2.19. The van der Waals surface area contributed by atoms with Crippen molar-refractivity contribution in [2.45, 2.75) is 12.8 Å². The van der Waals surface area contributed by atoms with Gasteiger partial charge in [0.05, 0.1) is 12.4 Å². The minimum absolute atomic E-state index is 0. The number of aliphatic imine (C=N–C) groups is 1. The molecule has 0 fully saturated rings. The van der Waals surface area contributed by atoms with E-state index in [1.807, 2.05) is 0 Å². The Morgan fingerprint density at radius 2 is 1.83 bits per heavy atom. The van der Waals surface area contributed by atoms with E-state index in [0.29, 0.717) is 0 Å². The van der Waals surface area contributed by atoms with Crippen LogP contribution in [-0.4, -0.2) is 18.9 Å². The molecule has 2 aromatic rings. The first kappa shape index (κ1) is 12.9. The number of hydrogen-bond donors (Lipinski definition) is 1. The highest BCUT2D eigenvalue weighted by Gasteiger charge is 2.06. The van der Waals surface area contributed by atoms with E-state index in [1.165, 1.54) is 16.3 Å². The number of aryl methyl sites for hydroxylation is 1. The Morgan fingerprint density at radius 1 is 1.00 bits per heavy atom. The molecule has 0 unspecified atom stereocenters. The average Bonchev–Trinajstić information content (AvgIpc) is 2.89. The number of nitrogens with zero attached hydrogens (tertiary/aromatic N) is 1. The van der Waals surface area contributed by atoms with Gasteiger partial charge in [0, 0.05) is 13.0 Å². The highest BCUT2D eigenvalue weighted by molar-refractivity contribution is 5.87. The lowest BCUT2D eigenvalue weighted by molar-refractivity contribution is 0.936. The number of nitrogens with one attached hydrogen (secondary N) is 1. The van der Waals surface area contributed by atoms with Crippen molar-refractivity contribution in [2.24, 2.45) is 4.99 Å². The molecule has 3 heteroatoms. The van der Waals surface area contributed by atoms with Gasteiger partial charge in [-0.2, -0.15) is 0 Å². The van der Waals surface area contributed by atoms with E-state index in [0.717, 1.165) is 31.8 Å². The van der Waals surface area contributed by atoms with Crippen LogP contribution in [0, 0.1) is 0 Å². The van der Waals surface area contributed by atoms with E-state index in [2.05, 4.69) is 52.8 Å². The standard InChI is InChI=1S/C15H16N2.ClH/c1-2-7-14-12(4-1)5-3-6-13(14)8-9-15-16-10-11-17-15;/h1-7H,8-11H2,(H,16,17);1H. The number of rotatable bonds is 3. The van der Waals surface area contributed by atoms with E-state index in [9.17, 15) is 0 Å². The third-order valence-electron chi connectivity index (χ3n) is 3.25. The highest BCUT2D eigenvalue weighted by atomic mass is 35.5. The third-order valence-corrected chi connectivity index (χ3v) is 3.25. The van der Waals surface area contributed by atoms with Crippen LogP contribution in [0.3, 0.4) is 0 Å². The first-order valence-electron chi connectivity index (χ1n) is 6.17. The number of halogens is 1. The zero-order valence-electron chi connectivity index (χ0n) is 10.2. The molecule has 0 saturated carbocycles. The monoisotopic (exact) mass is 260 g/mol. The molecular formula is C15H17ClN2. The second kappa shape index (κ2) is 5.87. The summed E-state index contributed by atoms with van der Waals surface area (Å²) in [5.74, 6) is 1.16. The third kappa shape index (κ3) is 2.65. The number of hydrogen-bond acceptors (Lipinski definition) is 2. The molecule has 0 amide bonds. The molecule has 94 valence electrons. The summed E-state index contributed by atoms with van der Waals surface area (Å²) >= 11 is 0. The van der Waals surface area contributed by atoms with Crippen molar-refractivity contribution in [1.29, 1.82) is 0 Å². The van der Waals surface area contributed by atoms with Gasteiger partial charge in [0.25, 0.3) is 0 Å². The first-order valence-corrected chi connectivity index (χ1v) is 6.17. The number of amidine groups is 1. The molecule has 0 atom stereocenters. The van der Waals surface area contributed by atoms with E-state index in [1.54, 1.807) is 0 Å². The van der Waals surface area contributed by atoms with Gasteiger partial charge in [-0.05, 0) is 22.8 Å². The molecule has 0 radical (unpaired) electrons. The predicted octanol–water partition coefficient (Wildman–Crippen LogP) is 3.20. The van der Waals surface area contributed by atoms with Crippen LogP contribution in [0.25, 0.3) is 10.8 Å². The molecule has 2 aromatic carbocycles. The average molecular weight is 261 g/mol. The molecule has 1 heterocycles. The van der Waals surface area contributed by atoms with Crippen LogP contribution in [0.2, 0.25) is 0 Å². The van der Waals surface area contributed by atoms with Crippen LogP contribution in [0.4, 0.5) is 0 Å². The van der Waals surface area contributed by atoms with Gasteiger partial charge in [0.1, 0.15) is 0 Å². The van der Waals surface area contributed by atoms with Crippen LogP contribution in [0.5, 0.6) is 0 Å². The lowest BCUT2D eigenvalue weighted by Crippen LogP contribution is -2.18. The molecule has 0 aliphatic carbocycles. The Morgan fingerprint density at radius 3 is 2.67 bits per heavy atom. The van der Waals surface area contributed by atoms with Crippen LogP contribution < -0.4 is 5.32 Å². The number of fused-ring (bicyclic) bond motifs is 1. The maximum absolute atomic E-state index is 4.44. The second-order valence-corrected chi connectivity index (χ2v) is 4.39. The molecule has 1 aliphatic heterocycles. The first-order chi connectivity index (χ1) is 8.43. The fourth-order valence-corrected chi connectivity index (χ4v) is 2.38. The molecule has 1 aliphatic rings. The van der Waals surface area contributed by atoms with Crippen molar-refractivity contribution in [3.8, 4) is 0 Å². The smallest absolute Gasteiger partial charge is 0.0967 e. The summed E-state index contributed by atoms with van der Waals surface area (Å²) in [6.45, 7) is 1.94. The van der Waals surface area contributed by atoms with Gasteiger partial charge in [-0.15, -0.1) is 12.4 Å². The summed E-state index contributed by atoms with van der Waals surface area (Å²) in [6, 6.07) is 15.1. The van der Waals surface area contributed by atoms with Crippen molar-refractivity contribution >= 4 is 29.0 Å². The van der Waals surface area contributed by atoms with E-state index < -0.39 is 0 Å². The molecule has 18 heavy (non-hydrogen) atoms. The Labute approximate surface area is 114 Å². The van der Waals surface area contributed by atoms with Gasteiger partial charge >= 0.3 is 0 Å². The fraction of sp³-hybridized carbons (Fsp3) is 0.267. The van der Waals surface area contributed by atoms with Gasteiger partial charge in [0.2, 0.25) is 0 Å². The quantitative estimate of drug-likeness (QED) is 0.901. The predicted molar refractivity (Wildman–Crippen MR) is 79.8 cm³/mol. The van der Waals surface area contributed by atoms with Crippen molar-refractivity contribution in [1.82, 2.24) is 5.32 Å². The molecule has 0 spiro atoms. The van der Waals surface area contributed by atoms with Gasteiger partial charge < -0.3 is 5.32 Å². The Bertz CT molecular complexity index is 558. The summed E-state index contributed by atoms with van der Waals surface area (Å²) < 4.78 is 0. The zero-order chi connectivity index (χ0) is 11.5. The Kier molecular flexibility index (Phi) is 4.21. The normalized spacial score (nSPS) is 13.9. The maximum Gasteiger partial charge on any atom is 0.0967 e. The lowest BCUT2D eigenvalue weighted by Gasteiger charge is -2.06. The minimum Gasteiger partial charge on any atom is -0.372 e. The molecule has 2 nitrogen and oxygen atoms in total. The molecule has 0 bridgehead atoms. The topological polar surface area (TPSA) is 24.4 Å². The number of benzene rings is 2. The SMILES string of the molecule is Cl.c1ccc2c(CCC3=NCCN3)cccc2c1. The van der Waals surface area contributed by atoms with Crippen molar-refractivity contribution in [3.05, 3.63) is 48.0 Å².